The Labute approximate surface area is 167 Å². The molecule has 0 bridgehead atoms. The van der Waals surface area contributed by atoms with Crippen molar-refractivity contribution in [2.24, 2.45) is 14.1 Å². The van der Waals surface area contributed by atoms with Crippen molar-refractivity contribution in [3.8, 4) is 0 Å². The fourth-order valence-corrected chi connectivity index (χ4v) is 4.82. The average molecular weight is 402 g/mol. The first-order valence-electron chi connectivity index (χ1n) is 9.21. The molecule has 1 aliphatic heterocycles. The molecule has 0 unspecified atom stereocenters. The number of rotatable bonds is 4. The minimum atomic E-state index is -0.511. The van der Waals surface area contributed by atoms with Crippen LogP contribution in [0.3, 0.4) is 0 Å². The van der Waals surface area contributed by atoms with Gasteiger partial charge >= 0.3 is 5.69 Å². The largest absolute Gasteiger partial charge is 0.381 e. The van der Waals surface area contributed by atoms with Gasteiger partial charge in [-0.2, -0.15) is 0 Å². The maximum Gasteiger partial charge on any atom is 0.328 e. The Balaban J connectivity index is 1.70. The molecule has 1 saturated heterocycles. The highest BCUT2D eigenvalue weighted by Gasteiger charge is 2.35. The van der Waals surface area contributed by atoms with Crippen LogP contribution >= 0.6 is 11.8 Å². The lowest BCUT2D eigenvalue weighted by Gasteiger charge is -2.36. The highest BCUT2D eigenvalue weighted by atomic mass is 32.2. The SMILES string of the molecule is COC1(c2cc(F)cc(Sc3ccc4c(c3)n(C)c(=O)n4C)c2)CCOCC1. The minimum absolute atomic E-state index is 0.0632. The lowest BCUT2D eigenvalue weighted by Crippen LogP contribution is -2.35. The highest BCUT2D eigenvalue weighted by molar-refractivity contribution is 7.99. The van der Waals surface area contributed by atoms with Crippen molar-refractivity contribution in [1.29, 1.82) is 0 Å². The molecule has 1 aliphatic rings. The quantitative estimate of drug-likeness (QED) is 0.666. The molecule has 0 spiro atoms. The Hall–Kier alpha value is -2.09. The number of hydrogen-bond donors (Lipinski definition) is 0. The van der Waals surface area contributed by atoms with Crippen LogP contribution in [0.4, 0.5) is 4.39 Å². The number of aromatic nitrogens is 2. The second-order valence-corrected chi connectivity index (χ2v) is 8.29. The zero-order chi connectivity index (χ0) is 19.9. The van der Waals surface area contributed by atoms with Gasteiger partial charge in [-0.25, -0.2) is 9.18 Å². The number of halogens is 1. The molecular formula is C21H23FN2O3S. The number of benzene rings is 2. The molecule has 1 fully saturated rings. The molecule has 0 radical (unpaired) electrons. The Morgan fingerprint density at radius 3 is 2.46 bits per heavy atom. The molecule has 28 heavy (non-hydrogen) atoms. The maximum atomic E-state index is 14.4. The van der Waals surface area contributed by atoms with Gasteiger partial charge < -0.3 is 9.47 Å². The molecule has 0 atom stereocenters. The van der Waals surface area contributed by atoms with Crippen LogP contribution in [0.1, 0.15) is 18.4 Å². The molecule has 1 aromatic heterocycles. The summed E-state index contributed by atoms with van der Waals surface area (Å²) in [5.74, 6) is -0.281. The average Bonchev–Trinajstić information content (AvgIpc) is 2.92. The van der Waals surface area contributed by atoms with Crippen molar-refractivity contribution in [2.75, 3.05) is 20.3 Å². The van der Waals surface area contributed by atoms with E-state index >= 15 is 0 Å². The fourth-order valence-electron chi connectivity index (χ4n) is 3.88. The molecular weight excluding hydrogens is 379 g/mol. The lowest BCUT2D eigenvalue weighted by molar-refractivity contribution is -0.0950. The van der Waals surface area contributed by atoms with E-state index in [4.69, 9.17) is 9.47 Å². The van der Waals surface area contributed by atoms with E-state index < -0.39 is 5.60 Å². The second-order valence-electron chi connectivity index (χ2n) is 7.14. The molecule has 7 heteroatoms. The second kappa shape index (κ2) is 7.39. The Bertz CT molecular complexity index is 1080. The third kappa shape index (κ3) is 3.27. The van der Waals surface area contributed by atoms with Crippen molar-refractivity contribution in [2.45, 2.75) is 28.2 Å². The van der Waals surface area contributed by atoms with Crippen LogP contribution < -0.4 is 5.69 Å². The first-order valence-corrected chi connectivity index (χ1v) is 10.0. The molecule has 148 valence electrons. The molecule has 2 heterocycles. The Morgan fingerprint density at radius 2 is 1.75 bits per heavy atom. The molecule has 3 aromatic rings. The molecule has 0 amide bonds. The lowest BCUT2D eigenvalue weighted by atomic mass is 9.86. The summed E-state index contributed by atoms with van der Waals surface area (Å²) >= 11 is 1.48. The van der Waals surface area contributed by atoms with E-state index in [1.165, 1.54) is 17.8 Å². The van der Waals surface area contributed by atoms with Gasteiger partial charge in [0.25, 0.3) is 0 Å². The summed E-state index contributed by atoms with van der Waals surface area (Å²) in [7, 11) is 5.19. The van der Waals surface area contributed by atoms with E-state index in [0.717, 1.165) is 26.4 Å². The van der Waals surface area contributed by atoms with Crippen molar-refractivity contribution in [3.05, 3.63) is 58.3 Å². The van der Waals surface area contributed by atoms with E-state index in [-0.39, 0.29) is 11.5 Å². The van der Waals surface area contributed by atoms with Crippen LogP contribution in [-0.2, 0) is 29.2 Å². The van der Waals surface area contributed by atoms with Gasteiger partial charge in [0.15, 0.2) is 0 Å². The van der Waals surface area contributed by atoms with Gasteiger partial charge in [0.2, 0.25) is 0 Å². The summed E-state index contributed by atoms with van der Waals surface area (Å²) in [6, 6.07) is 10.9. The van der Waals surface area contributed by atoms with Crippen LogP contribution in [0.25, 0.3) is 11.0 Å². The Morgan fingerprint density at radius 1 is 1.04 bits per heavy atom. The van der Waals surface area contributed by atoms with Crippen LogP contribution in [0.5, 0.6) is 0 Å². The van der Waals surface area contributed by atoms with Crippen molar-refractivity contribution in [3.63, 3.8) is 0 Å². The maximum absolute atomic E-state index is 14.4. The zero-order valence-corrected chi connectivity index (χ0v) is 17.0. The van der Waals surface area contributed by atoms with E-state index in [1.54, 1.807) is 36.4 Å². The fraction of sp³-hybridized carbons (Fsp3) is 0.381. The monoisotopic (exact) mass is 402 g/mol. The van der Waals surface area contributed by atoms with Crippen LogP contribution in [0, 0.1) is 5.82 Å². The molecule has 0 aliphatic carbocycles. The Kier molecular flexibility index (Phi) is 5.07. The van der Waals surface area contributed by atoms with Gasteiger partial charge in [-0.15, -0.1) is 0 Å². The van der Waals surface area contributed by atoms with Gasteiger partial charge in [-0.3, -0.25) is 9.13 Å². The van der Waals surface area contributed by atoms with Gasteiger partial charge in [0.1, 0.15) is 5.82 Å². The van der Waals surface area contributed by atoms with Gasteiger partial charge in [0, 0.05) is 57.1 Å². The van der Waals surface area contributed by atoms with Gasteiger partial charge in [-0.1, -0.05) is 11.8 Å². The van der Waals surface area contributed by atoms with Gasteiger partial charge in [0.05, 0.1) is 16.6 Å². The summed E-state index contributed by atoms with van der Waals surface area (Å²) < 4.78 is 28.9. The molecule has 0 saturated carbocycles. The van der Waals surface area contributed by atoms with Crippen molar-refractivity contribution >= 4 is 22.8 Å². The first kappa shape index (κ1) is 19.2. The normalized spacial score (nSPS) is 16.6. The predicted octanol–water partition coefficient (Wildman–Crippen LogP) is 3.82. The standard InChI is InChI=1S/C21H23FN2O3S/c1-23-18-5-4-16(13-19(18)24(2)20(23)25)28-17-11-14(10-15(22)12-17)21(26-3)6-8-27-9-7-21/h4-5,10-13H,6-9H2,1-3H3. The number of ether oxygens (including phenoxy) is 2. The summed E-state index contributed by atoms with van der Waals surface area (Å²) in [6.45, 7) is 1.21. The number of nitrogens with zero attached hydrogens (tertiary/aromatic N) is 2. The van der Waals surface area contributed by atoms with Crippen molar-refractivity contribution in [1.82, 2.24) is 9.13 Å². The first-order chi connectivity index (χ1) is 13.4. The van der Waals surface area contributed by atoms with Crippen LogP contribution in [-0.4, -0.2) is 29.5 Å². The zero-order valence-electron chi connectivity index (χ0n) is 16.2. The highest BCUT2D eigenvalue weighted by Crippen LogP contribution is 2.39. The summed E-state index contributed by atoms with van der Waals surface area (Å²) in [5, 5.41) is 0. The number of fused-ring (bicyclic) bond motifs is 1. The number of imidazole rings is 1. The number of methoxy groups -OCH3 is 1. The molecule has 0 N–H and O–H groups in total. The van der Waals surface area contributed by atoms with E-state index in [9.17, 15) is 9.18 Å². The van der Waals surface area contributed by atoms with E-state index in [0.29, 0.717) is 26.1 Å². The van der Waals surface area contributed by atoms with E-state index in [1.807, 2.05) is 24.3 Å². The smallest absolute Gasteiger partial charge is 0.328 e. The molecule has 2 aromatic carbocycles. The minimum Gasteiger partial charge on any atom is -0.381 e. The van der Waals surface area contributed by atoms with Crippen molar-refractivity contribution < 1.29 is 13.9 Å². The molecule has 4 rings (SSSR count). The summed E-state index contributed by atoms with van der Waals surface area (Å²) in [5.41, 5.74) is 1.99. The third-order valence-electron chi connectivity index (χ3n) is 5.57. The van der Waals surface area contributed by atoms with Crippen LogP contribution in [0.2, 0.25) is 0 Å². The predicted molar refractivity (Wildman–Crippen MR) is 107 cm³/mol. The topological polar surface area (TPSA) is 45.4 Å². The summed E-state index contributed by atoms with van der Waals surface area (Å²) in [6.07, 6.45) is 1.41. The third-order valence-corrected chi connectivity index (χ3v) is 6.53. The van der Waals surface area contributed by atoms with E-state index in [2.05, 4.69) is 0 Å². The summed E-state index contributed by atoms with van der Waals surface area (Å²) in [4.78, 5) is 13.9. The number of hydrogen-bond acceptors (Lipinski definition) is 4. The van der Waals surface area contributed by atoms with Gasteiger partial charge in [-0.05, 0) is 42.0 Å². The number of aryl methyl sites for hydroxylation is 2. The molecule has 5 nitrogen and oxygen atoms in total. The van der Waals surface area contributed by atoms with Crippen LogP contribution in [0.15, 0.2) is 51.0 Å².